The van der Waals surface area contributed by atoms with E-state index in [2.05, 4.69) is 34.6 Å². The maximum Gasteiger partial charge on any atom is 0.145 e. The number of aliphatic hydroxyl groups excluding tert-OH is 1. The average Bonchev–Trinajstić information content (AvgIpc) is 2.84. The zero-order chi connectivity index (χ0) is 13.2. The summed E-state index contributed by atoms with van der Waals surface area (Å²) in [7, 11) is 0. The van der Waals surface area contributed by atoms with Crippen molar-refractivity contribution in [2.24, 2.45) is 0 Å². The second-order valence-electron chi connectivity index (χ2n) is 4.77. The summed E-state index contributed by atoms with van der Waals surface area (Å²) in [5, 5.41) is 13.0. The molecule has 2 N–H and O–H groups in total. The number of anilines is 1. The van der Waals surface area contributed by atoms with E-state index >= 15 is 0 Å². The molecule has 19 heavy (non-hydrogen) atoms. The Morgan fingerprint density at radius 3 is 3.00 bits per heavy atom. The molecule has 1 unspecified atom stereocenters. The minimum absolute atomic E-state index is 0.0424. The van der Waals surface area contributed by atoms with Crippen molar-refractivity contribution in [2.45, 2.75) is 25.5 Å². The molecule has 0 saturated heterocycles. The molecule has 2 aromatic rings. The van der Waals surface area contributed by atoms with E-state index in [1.807, 2.05) is 0 Å². The van der Waals surface area contributed by atoms with Gasteiger partial charge in [-0.25, -0.2) is 4.98 Å². The molecule has 1 heterocycles. The van der Waals surface area contributed by atoms with Crippen molar-refractivity contribution in [1.82, 2.24) is 4.98 Å². The Balaban J connectivity index is 1.83. The van der Waals surface area contributed by atoms with Crippen LogP contribution in [0.2, 0.25) is 5.02 Å². The molecule has 0 bridgehead atoms. The molecule has 1 atom stereocenters. The van der Waals surface area contributed by atoms with Gasteiger partial charge in [-0.05, 0) is 35.6 Å². The third kappa shape index (κ3) is 2.44. The monoisotopic (exact) mass is 274 g/mol. The van der Waals surface area contributed by atoms with Crippen molar-refractivity contribution in [3.63, 3.8) is 0 Å². The fourth-order valence-electron chi connectivity index (χ4n) is 2.54. The first-order valence-corrected chi connectivity index (χ1v) is 6.75. The Morgan fingerprint density at radius 1 is 1.37 bits per heavy atom. The van der Waals surface area contributed by atoms with Gasteiger partial charge in [0.25, 0.3) is 0 Å². The summed E-state index contributed by atoms with van der Waals surface area (Å²) in [5.41, 5.74) is 3.44. The average molecular weight is 275 g/mol. The lowest BCUT2D eigenvalue weighted by Crippen LogP contribution is -2.09. The van der Waals surface area contributed by atoms with Crippen LogP contribution in [-0.4, -0.2) is 10.1 Å². The van der Waals surface area contributed by atoms with E-state index in [0.717, 1.165) is 18.4 Å². The first-order valence-electron chi connectivity index (χ1n) is 6.37. The van der Waals surface area contributed by atoms with E-state index < -0.39 is 0 Å². The van der Waals surface area contributed by atoms with Crippen LogP contribution in [0.1, 0.15) is 29.2 Å². The number of fused-ring (bicyclic) bond motifs is 1. The van der Waals surface area contributed by atoms with Crippen LogP contribution < -0.4 is 5.32 Å². The summed E-state index contributed by atoms with van der Waals surface area (Å²) >= 11 is 6.18. The number of hydrogen-bond acceptors (Lipinski definition) is 3. The van der Waals surface area contributed by atoms with Crippen molar-refractivity contribution < 1.29 is 5.11 Å². The predicted octanol–water partition coefficient (Wildman–Crippen LogP) is 3.33. The fourth-order valence-corrected chi connectivity index (χ4v) is 2.79. The zero-order valence-corrected chi connectivity index (χ0v) is 11.2. The van der Waals surface area contributed by atoms with Crippen LogP contribution in [-0.2, 0) is 13.0 Å². The third-order valence-corrected chi connectivity index (χ3v) is 3.81. The highest BCUT2D eigenvalue weighted by atomic mass is 35.5. The molecule has 0 radical (unpaired) electrons. The molecule has 1 aromatic heterocycles. The molecule has 0 spiro atoms. The van der Waals surface area contributed by atoms with Crippen LogP contribution >= 0.6 is 11.6 Å². The number of rotatable bonds is 3. The smallest absolute Gasteiger partial charge is 0.145 e. The topological polar surface area (TPSA) is 45.2 Å². The van der Waals surface area contributed by atoms with Crippen LogP contribution in [0.25, 0.3) is 0 Å². The fraction of sp³-hybridized carbons (Fsp3) is 0.267. The minimum atomic E-state index is -0.0424. The summed E-state index contributed by atoms with van der Waals surface area (Å²) in [6.07, 6.45) is 3.79. The predicted molar refractivity (Wildman–Crippen MR) is 76.3 cm³/mol. The Bertz CT molecular complexity index is 600. The van der Waals surface area contributed by atoms with Crippen molar-refractivity contribution in [3.8, 4) is 0 Å². The lowest BCUT2D eigenvalue weighted by Gasteiger charge is -2.16. The highest BCUT2D eigenvalue weighted by molar-refractivity contribution is 6.32. The van der Waals surface area contributed by atoms with E-state index in [1.54, 1.807) is 12.3 Å². The summed E-state index contributed by atoms with van der Waals surface area (Å²) in [4.78, 5) is 4.28. The Morgan fingerprint density at radius 2 is 2.21 bits per heavy atom. The van der Waals surface area contributed by atoms with Gasteiger partial charge in [-0.15, -0.1) is 0 Å². The molecule has 4 heteroatoms. The zero-order valence-electron chi connectivity index (χ0n) is 10.4. The molecular formula is C15H15ClN2O. The lowest BCUT2D eigenvalue weighted by atomic mass is 10.1. The Hall–Kier alpha value is -1.58. The SMILES string of the molecule is OCc1cnc(NC2CCc3ccccc32)c(Cl)c1. The largest absolute Gasteiger partial charge is 0.392 e. The molecule has 98 valence electrons. The van der Waals surface area contributed by atoms with E-state index in [0.29, 0.717) is 10.8 Å². The molecule has 0 aliphatic heterocycles. The number of hydrogen-bond donors (Lipinski definition) is 2. The first kappa shape index (κ1) is 12.5. The van der Waals surface area contributed by atoms with Gasteiger partial charge >= 0.3 is 0 Å². The molecule has 0 saturated carbocycles. The van der Waals surface area contributed by atoms with Gasteiger partial charge in [-0.2, -0.15) is 0 Å². The van der Waals surface area contributed by atoms with E-state index in [1.165, 1.54) is 11.1 Å². The van der Waals surface area contributed by atoms with Gasteiger partial charge < -0.3 is 10.4 Å². The summed E-state index contributed by atoms with van der Waals surface area (Å²) < 4.78 is 0. The summed E-state index contributed by atoms with van der Waals surface area (Å²) in [6, 6.07) is 10.5. The van der Waals surface area contributed by atoms with Crippen LogP contribution in [0, 0.1) is 0 Å². The summed E-state index contributed by atoms with van der Waals surface area (Å²) in [6.45, 7) is -0.0424. The highest BCUT2D eigenvalue weighted by Gasteiger charge is 2.22. The molecule has 1 aliphatic carbocycles. The van der Waals surface area contributed by atoms with Crippen molar-refractivity contribution >= 4 is 17.4 Å². The molecule has 3 nitrogen and oxygen atoms in total. The molecule has 1 aliphatic rings. The van der Waals surface area contributed by atoms with E-state index in [9.17, 15) is 0 Å². The maximum absolute atomic E-state index is 9.05. The highest BCUT2D eigenvalue weighted by Crippen LogP contribution is 2.34. The number of benzene rings is 1. The van der Waals surface area contributed by atoms with Gasteiger partial charge in [-0.3, -0.25) is 0 Å². The number of aliphatic hydroxyl groups is 1. The standard InChI is InChI=1S/C15H15ClN2O/c16-13-7-10(9-19)8-17-15(13)18-14-6-5-11-3-1-2-4-12(11)14/h1-4,7-8,14,19H,5-6,9H2,(H,17,18). The number of nitrogens with zero attached hydrogens (tertiary/aromatic N) is 1. The van der Waals surface area contributed by atoms with E-state index in [4.69, 9.17) is 16.7 Å². The number of pyridine rings is 1. The summed E-state index contributed by atoms with van der Waals surface area (Å²) in [5.74, 6) is 0.681. The molecular weight excluding hydrogens is 260 g/mol. The van der Waals surface area contributed by atoms with Gasteiger partial charge in [0, 0.05) is 6.20 Å². The van der Waals surface area contributed by atoms with Crippen LogP contribution in [0.4, 0.5) is 5.82 Å². The Kier molecular flexibility index (Phi) is 3.40. The molecule has 3 rings (SSSR count). The third-order valence-electron chi connectivity index (χ3n) is 3.52. The van der Waals surface area contributed by atoms with E-state index in [-0.39, 0.29) is 12.6 Å². The van der Waals surface area contributed by atoms with Gasteiger partial charge in [0.05, 0.1) is 17.7 Å². The molecule has 1 aromatic carbocycles. The van der Waals surface area contributed by atoms with Crippen LogP contribution in [0.15, 0.2) is 36.5 Å². The minimum Gasteiger partial charge on any atom is -0.392 e. The van der Waals surface area contributed by atoms with Crippen molar-refractivity contribution in [2.75, 3.05) is 5.32 Å². The van der Waals surface area contributed by atoms with Crippen LogP contribution in [0.5, 0.6) is 0 Å². The number of aryl methyl sites for hydroxylation is 1. The van der Waals surface area contributed by atoms with Gasteiger partial charge in [0.2, 0.25) is 0 Å². The normalized spacial score (nSPS) is 17.3. The molecule has 0 fully saturated rings. The van der Waals surface area contributed by atoms with Gasteiger partial charge in [0.1, 0.15) is 5.82 Å². The number of aromatic nitrogens is 1. The number of nitrogens with one attached hydrogen (secondary N) is 1. The molecule has 0 amide bonds. The second kappa shape index (κ2) is 5.19. The Labute approximate surface area is 117 Å². The van der Waals surface area contributed by atoms with Gasteiger partial charge in [-0.1, -0.05) is 35.9 Å². The van der Waals surface area contributed by atoms with Gasteiger partial charge in [0.15, 0.2) is 0 Å². The first-order chi connectivity index (χ1) is 9.28. The van der Waals surface area contributed by atoms with Crippen molar-refractivity contribution in [3.05, 3.63) is 58.2 Å². The second-order valence-corrected chi connectivity index (χ2v) is 5.17. The lowest BCUT2D eigenvalue weighted by molar-refractivity contribution is 0.281. The van der Waals surface area contributed by atoms with Crippen molar-refractivity contribution in [1.29, 1.82) is 0 Å². The number of halogens is 1. The maximum atomic E-state index is 9.05. The quantitative estimate of drug-likeness (QED) is 0.902. The van der Waals surface area contributed by atoms with Crippen LogP contribution in [0.3, 0.4) is 0 Å².